The molecule has 25 heavy (non-hydrogen) atoms. The van der Waals surface area contributed by atoms with Crippen LogP contribution in [0.4, 0.5) is 0 Å². The summed E-state index contributed by atoms with van der Waals surface area (Å²) in [5, 5.41) is 11.1. The Morgan fingerprint density at radius 2 is 1.80 bits per heavy atom. The molecule has 1 saturated carbocycles. The lowest BCUT2D eigenvalue weighted by Gasteiger charge is -2.30. The number of aliphatic carboxylic acids is 1. The first-order valence-corrected chi connectivity index (χ1v) is 8.95. The maximum absolute atomic E-state index is 11.8. The molecule has 0 spiro atoms. The number of unbranched alkanes of at least 4 members (excludes halogenated alkanes) is 1. The third-order valence-electron chi connectivity index (χ3n) is 3.74. The number of rotatable bonds is 7. The molecule has 0 amide bonds. The number of carbonyl (C=O) groups excluding carboxylic acids is 2. The van der Waals surface area contributed by atoms with Gasteiger partial charge in [-0.3, -0.25) is 4.79 Å². The van der Waals surface area contributed by atoms with E-state index in [0.717, 1.165) is 25.7 Å². The Hall–Kier alpha value is -1.54. The van der Waals surface area contributed by atoms with Crippen LogP contribution in [0.3, 0.4) is 0 Å². The summed E-state index contributed by atoms with van der Waals surface area (Å²) in [5.74, 6) is 0.504. The standard InChI is InChI=1S/C16H24O4.C4H11N/c1-5-6-7-8-11-9-13(11)20-14(17)10-12(15(18)19)16(2,3)4;1-4(2,3)5/h1,11-13H,6-10H2,2-4H3,(H,18,19);5H2,1-3H3/t11-,12-,13-;/m1./s1. The fourth-order valence-corrected chi connectivity index (χ4v) is 2.26. The maximum Gasteiger partial charge on any atom is 0.306 e. The quantitative estimate of drug-likeness (QED) is 0.427. The molecule has 3 N–H and O–H groups in total. The molecule has 0 aliphatic heterocycles. The van der Waals surface area contributed by atoms with Crippen LogP contribution in [0.5, 0.6) is 0 Å². The lowest BCUT2D eigenvalue weighted by molar-refractivity contribution is -0.458. The highest BCUT2D eigenvalue weighted by Crippen LogP contribution is 2.39. The van der Waals surface area contributed by atoms with Crippen molar-refractivity contribution in [1.29, 1.82) is 0 Å². The zero-order valence-electron chi connectivity index (χ0n) is 16.7. The van der Waals surface area contributed by atoms with Crippen molar-refractivity contribution in [3.63, 3.8) is 0 Å². The molecule has 1 rings (SSSR count). The Kier molecular flexibility index (Phi) is 9.21. The molecule has 5 heteroatoms. The zero-order valence-corrected chi connectivity index (χ0v) is 16.7. The first-order chi connectivity index (χ1) is 11.3. The predicted molar refractivity (Wildman–Crippen MR) is 95.9 cm³/mol. The van der Waals surface area contributed by atoms with Gasteiger partial charge >= 0.3 is 5.97 Å². The van der Waals surface area contributed by atoms with Gasteiger partial charge in [0.05, 0.1) is 12.0 Å². The average Bonchev–Trinajstić information content (AvgIpc) is 3.10. The number of ether oxygens (including phenoxy) is 1. The van der Waals surface area contributed by atoms with Crippen molar-refractivity contribution in [2.24, 2.45) is 17.3 Å². The Morgan fingerprint density at radius 1 is 1.28 bits per heavy atom. The molecular formula is C20H35NO4. The van der Waals surface area contributed by atoms with E-state index >= 15 is 0 Å². The topological polar surface area (TPSA) is 94.1 Å². The molecule has 1 aliphatic carbocycles. The summed E-state index contributed by atoms with van der Waals surface area (Å²) in [4.78, 5) is 22.9. The Balaban J connectivity index is 0.00000101. The number of esters is 1. The van der Waals surface area contributed by atoms with Gasteiger partial charge in [0.15, 0.2) is 0 Å². The molecular weight excluding hydrogens is 318 g/mol. The van der Waals surface area contributed by atoms with Crippen LogP contribution in [0.2, 0.25) is 0 Å². The first-order valence-electron chi connectivity index (χ1n) is 8.95. The zero-order chi connectivity index (χ0) is 19.8. The molecule has 0 radical (unpaired) electrons. The van der Waals surface area contributed by atoms with Gasteiger partial charge in [0, 0.05) is 18.3 Å². The second-order valence-corrected chi connectivity index (χ2v) is 9.12. The van der Waals surface area contributed by atoms with Crippen molar-refractivity contribution in [2.45, 2.75) is 85.3 Å². The third-order valence-corrected chi connectivity index (χ3v) is 3.74. The maximum atomic E-state index is 11.8. The number of terminal acetylenes is 1. The van der Waals surface area contributed by atoms with E-state index in [9.17, 15) is 14.7 Å². The minimum atomic E-state index is -1.20. The highest BCUT2D eigenvalue weighted by Gasteiger charge is 2.40. The van der Waals surface area contributed by atoms with E-state index in [4.69, 9.17) is 11.2 Å². The molecule has 1 fully saturated rings. The van der Waals surface area contributed by atoms with Crippen molar-refractivity contribution in [1.82, 2.24) is 0 Å². The number of carbonyl (C=O) groups is 2. The van der Waals surface area contributed by atoms with E-state index in [-0.39, 0.29) is 18.1 Å². The normalized spacial score (nSPS) is 20.6. The van der Waals surface area contributed by atoms with Crippen molar-refractivity contribution in [3.8, 4) is 12.3 Å². The lowest BCUT2D eigenvalue weighted by atomic mass is 9.79. The van der Waals surface area contributed by atoms with E-state index in [0.29, 0.717) is 5.92 Å². The third kappa shape index (κ3) is 12.5. The largest absolute Gasteiger partial charge is 0.550 e. The highest BCUT2D eigenvalue weighted by molar-refractivity contribution is 5.78. The fraction of sp³-hybridized carbons (Fsp3) is 0.800. The summed E-state index contributed by atoms with van der Waals surface area (Å²) in [5.41, 5.74) is 3.50. The van der Waals surface area contributed by atoms with Gasteiger partial charge in [0.2, 0.25) is 0 Å². The molecule has 0 bridgehead atoms. The van der Waals surface area contributed by atoms with Crippen LogP contribution in [-0.4, -0.2) is 23.6 Å². The number of quaternary nitrogens is 1. The molecule has 0 aromatic rings. The van der Waals surface area contributed by atoms with Crippen molar-refractivity contribution in [3.05, 3.63) is 0 Å². The second kappa shape index (κ2) is 9.82. The van der Waals surface area contributed by atoms with Crippen LogP contribution in [0.15, 0.2) is 0 Å². The molecule has 0 heterocycles. The van der Waals surface area contributed by atoms with Gasteiger partial charge in [-0.25, -0.2) is 0 Å². The van der Waals surface area contributed by atoms with Crippen molar-refractivity contribution >= 4 is 11.9 Å². The lowest BCUT2D eigenvalue weighted by Crippen LogP contribution is -2.67. The number of carboxylic acids is 1. The minimum Gasteiger partial charge on any atom is -0.550 e. The highest BCUT2D eigenvalue weighted by atomic mass is 16.5. The van der Waals surface area contributed by atoms with Gasteiger partial charge in [-0.15, -0.1) is 12.3 Å². The molecule has 0 unspecified atom stereocenters. The number of hydrogen-bond donors (Lipinski definition) is 1. The average molecular weight is 354 g/mol. The Morgan fingerprint density at radius 3 is 2.20 bits per heavy atom. The van der Waals surface area contributed by atoms with Crippen LogP contribution in [0.1, 0.15) is 73.6 Å². The van der Waals surface area contributed by atoms with Crippen LogP contribution in [0.25, 0.3) is 0 Å². The molecule has 0 aromatic carbocycles. The summed E-state index contributed by atoms with van der Waals surface area (Å²) in [6, 6.07) is 0. The summed E-state index contributed by atoms with van der Waals surface area (Å²) >= 11 is 0. The SMILES string of the molecule is C#CCCC[C@@H]1C[C@H]1OC(=O)C[C@H](C(=O)[O-])C(C)(C)C.CC(C)(C)[NH3+]. The first kappa shape index (κ1) is 23.5. The van der Waals surface area contributed by atoms with E-state index in [1.165, 1.54) is 0 Å². The van der Waals surface area contributed by atoms with E-state index in [1.54, 1.807) is 20.8 Å². The van der Waals surface area contributed by atoms with E-state index in [1.807, 2.05) is 0 Å². The van der Waals surface area contributed by atoms with Gasteiger partial charge in [-0.1, -0.05) is 20.8 Å². The summed E-state index contributed by atoms with van der Waals surface area (Å²) < 4.78 is 5.30. The van der Waals surface area contributed by atoms with E-state index in [2.05, 4.69) is 32.4 Å². The smallest absolute Gasteiger partial charge is 0.306 e. The van der Waals surface area contributed by atoms with Crippen LogP contribution in [-0.2, 0) is 14.3 Å². The van der Waals surface area contributed by atoms with Crippen LogP contribution in [0, 0.1) is 29.6 Å². The van der Waals surface area contributed by atoms with E-state index < -0.39 is 23.3 Å². The van der Waals surface area contributed by atoms with Gasteiger partial charge in [-0.05, 0) is 51.4 Å². The molecule has 0 saturated heterocycles. The van der Waals surface area contributed by atoms with Crippen LogP contribution < -0.4 is 10.8 Å². The van der Waals surface area contributed by atoms with Gasteiger partial charge in [0.25, 0.3) is 0 Å². The molecule has 5 nitrogen and oxygen atoms in total. The Labute approximate surface area is 152 Å². The monoisotopic (exact) mass is 353 g/mol. The summed E-state index contributed by atoms with van der Waals surface area (Å²) in [7, 11) is 0. The van der Waals surface area contributed by atoms with Gasteiger partial charge in [-0.2, -0.15) is 0 Å². The van der Waals surface area contributed by atoms with Crippen molar-refractivity contribution < 1.29 is 25.2 Å². The molecule has 1 aliphatic rings. The fourth-order valence-electron chi connectivity index (χ4n) is 2.26. The van der Waals surface area contributed by atoms with Gasteiger partial charge in [0.1, 0.15) is 6.10 Å². The molecule has 3 atom stereocenters. The number of carboxylic acid groups (broad SMARTS) is 1. The Bertz CT molecular complexity index is 473. The van der Waals surface area contributed by atoms with Crippen LogP contribution >= 0.6 is 0 Å². The molecule has 144 valence electrons. The van der Waals surface area contributed by atoms with Gasteiger partial charge < -0.3 is 20.4 Å². The minimum absolute atomic E-state index is 0.0531. The predicted octanol–water partition coefficient (Wildman–Crippen LogP) is 1.55. The second-order valence-electron chi connectivity index (χ2n) is 9.12. The number of hydrogen-bond acceptors (Lipinski definition) is 4. The summed E-state index contributed by atoms with van der Waals surface area (Å²) in [6.45, 7) is 11.6. The molecule has 0 aromatic heterocycles. The summed E-state index contributed by atoms with van der Waals surface area (Å²) in [6.07, 6.45) is 8.51. The van der Waals surface area contributed by atoms with Crippen molar-refractivity contribution in [2.75, 3.05) is 0 Å².